The first-order valence-corrected chi connectivity index (χ1v) is 9.08. The van der Waals surface area contributed by atoms with Crippen LogP contribution in [0.25, 0.3) is 0 Å². The summed E-state index contributed by atoms with van der Waals surface area (Å²) < 4.78 is 5.21. The predicted octanol–water partition coefficient (Wildman–Crippen LogP) is 3.87. The molecule has 4 N–H and O–H groups in total. The molecule has 7 heteroatoms. The minimum Gasteiger partial charge on any atom is -0.449 e. The van der Waals surface area contributed by atoms with E-state index in [1.165, 1.54) is 36.8 Å². The summed E-state index contributed by atoms with van der Waals surface area (Å²) in [6, 6.07) is 12.9. The molecule has 0 heterocycles. The summed E-state index contributed by atoms with van der Waals surface area (Å²) in [7, 11) is 0. The summed E-state index contributed by atoms with van der Waals surface area (Å²) in [5, 5.41) is 5.13. The molecule has 3 amide bonds. The second-order valence-electron chi connectivity index (χ2n) is 6.53. The van der Waals surface area contributed by atoms with Crippen LogP contribution in [-0.4, -0.2) is 24.0 Å². The van der Waals surface area contributed by atoms with E-state index in [2.05, 4.69) is 24.5 Å². The number of anilines is 2. The van der Waals surface area contributed by atoms with E-state index in [4.69, 9.17) is 10.5 Å². The molecule has 0 saturated heterocycles. The molecule has 0 fully saturated rings. The molecule has 7 nitrogen and oxygen atoms in total. The van der Waals surface area contributed by atoms with Gasteiger partial charge in [0, 0.05) is 11.4 Å². The molecule has 0 aromatic heterocycles. The van der Waals surface area contributed by atoms with Crippen molar-refractivity contribution in [2.75, 3.05) is 10.6 Å². The fourth-order valence-electron chi connectivity index (χ4n) is 2.49. The molecule has 0 aliphatic heterocycles. The van der Waals surface area contributed by atoms with E-state index in [0.717, 1.165) is 6.42 Å². The number of rotatable bonds is 7. The van der Waals surface area contributed by atoms with Crippen LogP contribution in [0, 0.1) is 0 Å². The molecule has 2 aromatic rings. The third kappa shape index (κ3) is 5.84. The minimum atomic E-state index is -0.967. The monoisotopic (exact) mass is 383 g/mol. The van der Waals surface area contributed by atoms with Gasteiger partial charge in [-0.2, -0.15) is 0 Å². The molecule has 0 spiro atoms. The SMILES string of the molecule is CC[C@@H](C)c1ccc(NC(=O)[C@@H](C)OC(=O)c2ccc(NC(N)=O)cc2)cc1. The highest BCUT2D eigenvalue weighted by atomic mass is 16.5. The van der Waals surface area contributed by atoms with Gasteiger partial charge >= 0.3 is 12.0 Å². The van der Waals surface area contributed by atoms with Gasteiger partial charge in [0.2, 0.25) is 0 Å². The number of hydrogen-bond donors (Lipinski definition) is 3. The summed E-state index contributed by atoms with van der Waals surface area (Å²) in [6.45, 7) is 5.77. The number of hydrogen-bond acceptors (Lipinski definition) is 4. The molecule has 2 rings (SSSR count). The largest absolute Gasteiger partial charge is 0.449 e. The highest BCUT2D eigenvalue weighted by molar-refractivity contribution is 5.97. The highest BCUT2D eigenvalue weighted by Crippen LogP contribution is 2.20. The van der Waals surface area contributed by atoms with Crippen LogP contribution in [0.2, 0.25) is 0 Å². The van der Waals surface area contributed by atoms with E-state index < -0.39 is 24.0 Å². The van der Waals surface area contributed by atoms with E-state index in [-0.39, 0.29) is 5.56 Å². The van der Waals surface area contributed by atoms with E-state index >= 15 is 0 Å². The lowest BCUT2D eigenvalue weighted by Crippen LogP contribution is -2.30. The fourth-order valence-corrected chi connectivity index (χ4v) is 2.49. The van der Waals surface area contributed by atoms with Gasteiger partial charge in [0.1, 0.15) is 0 Å². The van der Waals surface area contributed by atoms with Crippen LogP contribution in [0.15, 0.2) is 48.5 Å². The molecule has 0 saturated carbocycles. The number of urea groups is 1. The number of nitrogens with two attached hydrogens (primary N) is 1. The molecule has 0 bridgehead atoms. The van der Waals surface area contributed by atoms with E-state index in [1.54, 1.807) is 0 Å². The zero-order valence-corrected chi connectivity index (χ0v) is 16.2. The quantitative estimate of drug-likeness (QED) is 0.630. The lowest BCUT2D eigenvalue weighted by molar-refractivity contribution is -0.123. The second-order valence-corrected chi connectivity index (χ2v) is 6.53. The van der Waals surface area contributed by atoms with Crippen LogP contribution in [0.3, 0.4) is 0 Å². The Labute approximate surface area is 164 Å². The van der Waals surface area contributed by atoms with Crippen LogP contribution >= 0.6 is 0 Å². The highest BCUT2D eigenvalue weighted by Gasteiger charge is 2.19. The van der Waals surface area contributed by atoms with Crippen molar-refractivity contribution in [3.05, 3.63) is 59.7 Å². The zero-order valence-electron chi connectivity index (χ0n) is 16.2. The zero-order chi connectivity index (χ0) is 20.7. The van der Waals surface area contributed by atoms with Gasteiger partial charge in [-0.15, -0.1) is 0 Å². The Balaban J connectivity index is 1.92. The number of esters is 1. The normalized spacial score (nSPS) is 12.5. The first-order valence-electron chi connectivity index (χ1n) is 9.08. The summed E-state index contributed by atoms with van der Waals surface area (Å²) in [6.07, 6.45) is 0.0725. The van der Waals surface area contributed by atoms with Crippen LogP contribution in [0.5, 0.6) is 0 Å². The fraction of sp³-hybridized carbons (Fsp3) is 0.286. The summed E-state index contributed by atoms with van der Waals surface area (Å²) in [5.41, 5.74) is 7.58. The summed E-state index contributed by atoms with van der Waals surface area (Å²) in [4.78, 5) is 35.3. The average Bonchev–Trinajstić information content (AvgIpc) is 2.67. The molecule has 0 unspecified atom stereocenters. The molecule has 148 valence electrons. The van der Waals surface area contributed by atoms with E-state index in [0.29, 0.717) is 17.3 Å². The number of benzene rings is 2. The average molecular weight is 383 g/mol. The van der Waals surface area contributed by atoms with Crippen LogP contribution in [-0.2, 0) is 9.53 Å². The van der Waals surface area contributed by atoms with Crippen molar-refractivity contribution >= 4 is 29.3 Å². The van der Waals surface area contributed by atoms with Crippen LogP contribution in [0.1, 0.15) is 49.0 Å². The van der Waals surface area contributed by atoms with Crippen molar-refractivity contribution in [2.45, 2.75) is 39.2 Å². The van der Waals surface area contributed by atoms with Crippen molar-refractivity contribution in [3.63, 3.8) is 0 Å². The summed E-state index contributed by atoms with van der Waals surface area (Å²) >= 11 is 0. The minimum absolute atomic E-state index is 0.257. The number of carbonyl (C=O) groups excluding carboxylic acids is 3. The van der Waals surface area contributed by atoms with Crippen LogP contribution < -0.4 is 16.4 Å². The second kappa shape index (κ2) is 9.55. The van der Waals surface area contributed by atoms with Crippen molar-refractivity contribution in [1.29, 1.82) is 0 Å². The number of primary amides is 1. The molecule has 0 radical (unpaired) electrons. The van der Waals surface area contributed by atoms with Gasteiger partial charge in [0.15, 0.2) is 6.10 Å². The number of carbonyl (C=O) groups is 3. The number of nitrogens with one attached hydrogen (secondary N) is 2. The molecule has 2 atom stereocenters. The maximum Gasteiger partial charge on any atom is 0.338 e. The molecule has 0 aliphatic carbocycles. The van der Waals surface area contributed by atoms with Gasteiger partial charge in [-0.1, -0.05) is 26.0 Å². The maximum atomic E-state index is 12.3. The Morgan fingerprint density at radius 3 is 2.00 bits per heavy atom. The Bertz CT molecular complexity index is 832. The Morgan fingerprint density at radius 1 is 0.929 bits per heavy atom. The lowest BCUT2D eigenvalue weighted by atomic mass is 9.99. The molecular formula is C21H25N3O4. The van der Waals surface area contributed by atoms with Gasteiger partial charge in [0.05, 0.1) is 5.56 Å². The number of amides is 3. The standard InChI is InChI=1S/C21H25N3O4/c1-4-13(2)15-5-9-17(10-6-15)23-19(25)14(3)28-20(26)16-7-11-18(12-8-16)24-21(22)27/h5-14H,4H2,1-3H3,(H,23,25)(H3,22,24,27)/t13-,14-/m1/s1. The van der Waals surface area contributed by atoms with Gasteiger partial charge in [-0.25, -0.2) is 9.59 Å². The third-order valence-electron chi connectivity index (χ3n) is 4.40. The smallest absolute Gasteiger partial charge is 0.338 e. The van der Waals surface area contributed by atoms with Gasteiger partial charge in [0.25, 0.3) is 5.91 Å². The van der Waals surface area contributed by atoms with Crippen LogP contribution in [0.4, 0.5) is 16.2 Å². The Kier molecular flexibility index (Phi) is 7.14. The molecule has 0 aliphatic rings. The van der Waals surface area contributed by atoms with Gasteiger partial charge in [-0.05, 0) is 61.2 Å². The topological polar surface area (TPSA) is 111 Å². The van der Waals surface area contributed by atoms with Gasteiger partial charge < -0.3 is 21.1 Å². The maximum absolute atomic E-state index is 12.3. The van der Waals surface area contributed by atoms with Gasteiger partial charge in [-0.3, -0.25) is 4.79 Å². The number of ether oxygens (including phenoxy) is 1. The molecule has 2 aromatic carbocycles. The molecule has 28 heavy (non-hydrogen) atoms. The Hall–Kier alpha value is -3.35. The van der Waals surface area contributed by atoms with Crippen molar-refractivity contribution in [2.24, 2.45) is 5.73 Å². The lowest BCUT2D eigenvalue weighted by Gasteiger charge is -2.15. The molecular weight excluding hydrogens is 358 g/mol. The Morgan fingerprint density at radius 2 is 1.46 bits per heavy atom. The predicted molar refractivity (Wildman–Crippen MR) is 108 cm³/mol. The first kappa shape index (κ1) is 21.0. The van der Waals surface area contributed by atoms with Crippen molar-refractivity contribution in [3.8, 4) is 0 Å². The third-order valence-corrected chi connectivity index (χ3v) is 4.40. The van der Waals surface area contributed by atoms with Crippen molar-refractivity contribution < 1.29 is 19.1 Å². The first-order chi connectivity index (χ1) is 13.3. The van der Waals surface area contributed by atoms with Crippen molar-refractivity contribution in [1.82, 2.24) is 0 Å². The summed E-state index contributed by atoms with van der Waals surface area (Å²) in [5.74, 6) is -0.605. The van der Waals surface area contributed by atoms with E-state index in [1.807, 2.05) is 24.3 Å². The van der Waals surface area contributed by atoms with E-state index in [9.17, 15) is 14.4 Å².